The highest BCUT2D eigenvalue weighted by molar-refractivity contribution is 5.76. The number of amides is 4. The molecule has 0 unspecified atom stereocenters. The fraction of sp³-hybridized carbons (Fsp3) is 0.298. The van der Waals surface area contributed by atoms with Gasteiger partial charge in [0.15, 0.2) is 0 Å². The van der Waals surface area contributed by atoms with Gasteiger partial charge in [0.1, 0.15) is 72.2 Å². The van der Waals surface area contributed by atoms with Crippen LogP contribution in [0.25, 0.3) is 45.8 Å². The third-order valence-corrected chi connectivity index (χ3v) is 11.0. The maximum atomic E-state index is 10.6. The molecule has 0 aliphatic heterocycles. The molecule has 4 aromatic heterocycles. The Kier molecular flexibility index (Phi) is 22.7. The maximum Gasteiger partial charge on any atom is 0.243 e. The number of nitrogens with zero attached hydrogens (tertiary/aromatic N) is 4. The van der Waals surface area contributed by atoms with E-state index < -0.39 is 23.6 Å². The van der Waals surface area contributed by atoms with Crippen LogP contribution in [-0.4, -0.2) is 70.0 Å². The predicted octanol–water partition coefficient (Wildman–Crippen LogP) is 8.10. The van der Waals surface area contributed by atoms with Gasteiger partial charge in [0.25, 0.3) is 0 Å². The number of aromatic nitrogens is 4. The highest BCUT2D eigenvalue weighted by Crippen LogP contribution is 2.26. The SMILES string of the molecule is CCc1ccc(-c2nc(COCC(N)=O)c(C)o2)cc1.Cc1ccc(-c2nc(COCC(N)=O)c(C)o2)cc1.Cc1ccc(-c2nc(COCC(N)=O)c(C)o2)cc1.Cc1ccc(-c2nc(COCC(N)=O)c(C)o2)cc1. The number of ether oxygens (including phenoxy) is 4. The number of carbonyl (C=O) groups is 4. The van der Waals surface area contributed by atoms with E-state index in [1.807, 2.05) is 133 Å². The van der Waals surface area contributed by atoms with Crippen molar-refractivity contribution < 1.29 is 55.8 Å². The van der Waals surface area contributed by atoms with E-state index in [0.717, 1.165) is 28.7 Å². The lowest BCUT2D eigenvalue weighted by Crippen LogP contribution is -2.18. The van der Waals surface area contributed by atoms with Gasteiger partial charge in [0.05, 0.1) is 26.4 Å². The van der Waals surface area contributed by atoms with Gasteiger partial charge in [-0.3, -0.25) is 19.2 Å². The number of primary amides is 4. The van der Waals surface area contributed by atoms with Gasteiger partial charge in [-0.15, -0.1) is 0 Å². The van der Waals surface area contributed by atoms with Crippen LogP contribution in [0.15, 0.2) is 115 Å². The van der Waals surface area contributed by atoms with Crippen molar-refractivity contribution in [2.24, 2.45) is 22.9 Å². The molecule has 8 N–H and O–H groups in total. The number of carbonyl (C=O) groups excluding carboxylic acids is 4. The average Bonchev–Trinajstić information content (AvgIpc) is 4.17. The van der Waals surface area contributed by atoms with Crippen molar-refractivity contribution >= 4 is 23.6 Å². The molecular formula is C57H66N8O12. The van der Waals surface area contributed by atoms with E-state index in [2.05, 4.69) is 39.0 Å². The van der Waals surface area contributed by atoms with Crippen molar-refractivity contribution in [2.45, 2.75) is 88.2 Å². The van der Waals surface area contributed by atoms with Gasteiger partial charge in [-0.1, -0.05) is 72.1 Å². The van der Waals surface area contributed by atoms with Crippen molar-refractivity contribution in [2.75, 3.05) is 26.4 Å². The number of hydrogen-bond acceptors (Lipinski definition) is 16. The highest BCUT2D eigenvalue weighted by Gasteiger charge is 2.16. The Labute approximate surface area is 446 Å². The van der Waals surface area contributed by atoms with Crippen LogP contribution in [-0.2, 0) is 71.0 Å². The summed E-state index contributed by atoms with van der Waals surface area (Å²) in [5, 5.41) is 0. The lowest BCUT2D eigenvalue weighted by atomic mass is 10.1. The number of aryl methyl sites for hydroxylation is 8. The van der Waals surface area contributed by atoms with Crippen molar-refractivity contribution in [3.05, 3.63) is 165 Å². The van der Waals surface area contributed by atoms with Crippen LogP contribution in [0.4, 0.5) is 0 Å². The van der Waals surface area contributed by atoms with E-state index in [4.69, 9.17) is 59.6 Å². The summed E-state index contributed by atoms with van der Waals surface area (Å²) >= 11 is 0. The van der Waals surface area contributed by atoms with Gasteiger partial charge in [0, 0.05) is 22.3 Å². The third kappa shape index (κ3) is 19.6. The topological polar surface area (TPSA) is 313 Å². The molecule has 4 amide bonds. The summed E-state index contributed by atoms with van der Waals surface area (Å²) in [7, 11) is 0. The molecule has 0 saturated carbocycles. The Morgan fingerprint density at radius 1 is 0.364 bits per heavy atom. The Balaban J connectivity index is 0.000000189. The number of oxazole rings is 4. The maximum absolute atomic E-state index is 10.6. The summed E-state index contributed by atoms with van der Waals surface area (Å²) in [6, 6.07) is 31.8. The zero-order valence-corrected chi connectivity index (χ0v) is 44.6. The smallest absolute Gasteiger partial charge is 0.243 e. The third-order valence-electron chi connectivity index (χ3n) is 11.0. The minimum absolute atomic E-state index is 0.118. The number of hydrogen-bond donors (Lipinski definition) is 4. The monoisotopic (exact) mass is 1050 g/mol. The molecular weight excluding hydrogens is 989 g/mol. The quantitative estimate of drug-likeness (QED) is 0.0528. The van der Waals surface area contributed by atoms with Gasteiger partial charge in [-0.05, 0) is 109 Å². The summed E-state index contributed by atoms with van der Waals surface area (Å²) in [5.41, 5.74) is 31.2. The summed E-state index contributed by atoms with van der Waals surface area (Å²) < 4.78 is 42.9. The van der Waals surface area contributed by atoms with E-state index in [-0.39, 0.29) is 52.9 Å². The van der Waals surface area contributed by atoms with Crippen LogP contribution in [0.1, 0.15) is 75.0 Å². The first kappa shape index (κ1) is 59.3. The summed E-state index contributed by atoms with van der Waals surface area (Å²) in [5.74, 6) is 2.94. The van der Waals surface area contributed by atoms with Gasteiger partial charge < -0.3 is 59.6 Å². The Morgan fingerprint density at radius 3 is 0.766 bits per heavy atom. The minimum Gasteiger partial charge on any atom is -0.441 e. The van der Waals surface area contributed by atoms with Crippen LogP contribution in [0, 0.1) is 48.5 Å². The fourth-order valence-corrected chi connectivity index (χ4v) is 6.71. The molecule has 20 nitrogen and oxygen atoms in total. The van der Waals surface area contributed by atoms with Crippen LogP contribution in [0.3, 0.4) is 0 Å². The Morgan fingerprint density at radius 2 is 0.571 bits per heavy atom. The molecule has 8 aromatic rings. The standard InChI is InChI=1S/C15H18N2O3.3C14H16N2O3/c1-3-11-4-6-12(7-5-11)15-17-13(10(2)20-15)8-19-9-14(16)18;3*1-9-3-5-11(6-4-9)14-16-12(10(2)19-14)7-18-8-13(15)17/h4-7H,3,8-9H2,1-2H3,(H2,16,18);3*3-6H,7-8H2,1-2H3,(H2,15,17). The molecule has 8 rings (SSSR count). The van der Waals surface area contributed by atoms with E-state index in [9.17, 15) is 19.2 Å². The van der Waals surface area contributed by atoms with Gasteiger partial charge in [-0.25, -0.2) is 19.9 Å². The van der Waals surface area contributed by atoms with E-state index in [0.29, 0.717) is 69.4 Å². The van der Waals surface area contributed by atoms with Crippen LogP contribution in [0.5, 0.6) is 0 Å². The van der Waals surface area contributed by atoms with Crippen molar-refractivity contribution in [1.82, 2.24) is 19.9 Å². The Hall–Kier alpha value is -8.56. The number of nitrogens with two attached hydrogens (primary N) is 4. The molecule has 0 radical (unpaired) electrons. The van der Waals surface area contributed by atoms with Gasteiger partial charge >= 0.3 is 0 Å². The lowest BCUT2D eigenvalue weighted by Gasteiger charge is -1.98. The Bertz CT molecular complexity index is 2900. The molecule has 406 valence electrons. The molecule has 77 heavy (non-hydrogen) atoms. The van der Waals surface area contributed by atoms with Gasteiger partial charge in [-0.2, -0.15) is 0 Å². The van der Waals surface area contributed by atoms with Crippen LogP contribution < -0.4 is 22.9 Å². The molecule has 0 aliphatic carbocycles. The zero-order chi connectivity index (χ0) is 56.0. The van der Waals surface area contributed by atoms with Crippen LogP contribution >= 0.6 is 0 Å². The molecule has 0 bridgehead atoms. The molecule has 0 atom stereocenters. The minimum atomic E-state index is -0.500. The number of benzene rings is 4. The molecule has 0 saturated heterocycles. The van der Waals surface area contributed by atoms with E-state index in [1.165, 1.54) is 22.3 Å². The average molecular weight is 1060 g/mol. The first-order valence-electron chi connectivity index (χ1n) is 24.4. The summed E-state index contributed by atoms with van der Waals surface area (Å²) in [4.78, 5) is 59.9. The molecule has 0 fully saturated rings. The molecule has 4 heterocycles. The van der Waals surface area contributed by atoms with Crippen molar-refractivity contribution in [1.29, 1.82) is 0 Å². The molecule has 4 aromatic carbocycles. The first-order chi connectivity index (χ1) is 36.8. The second-order valence-corrected chi connectivity index (χ2v) is 17.6. The fourth-order valence-electron chi connectivity index (χ4n) is 6.71. The molecule has 0 spiro atoms. The lowest BCUT2D eigenvalue weighted by molar-refractivity contribution is -0.123. The number of rotatable bonds is 21. The molecule has 0 aliphatic rings. The molecule has 20 heteroatoms. The summed E-state index contributed by atoms with van der Waals surface area (Å²) in [6.07, 6.45) is 0.997. The van der Waals surface area contributed by atoms with Crippen molar-refractivity contribution in [3.8, 4) is 45.8 Å². The van der Waals surface area contributed by atoms with E-state index in [1.54, 1.807) is 0 Å². The largest absolute Gasteiger partial charge is 0.441 e. The second kappa shape index (κ2) is 29.5. The van der Waals surface area contributed by atoms with Gasteiger partial charge in [0.2, 0.25) is 47.2 Å². The predicted molar refractivity (Wildman–Crippen MR) is 286 cm³/mol. The van der Waals surface area contributed by atoms with E-state index >= 15 is 0 Å². The highest BCUT2D eigenvalue weighted by atomic mass is 16.5. The zero-order valence-electron chi connectivity index (χ0n) is 44.6. The first-order valence-corrected chi connectivity index (χ1v) is 24.4. The van der Waals surface area contributed by atoms with Crippen molar-refractivity contribution in [3.63, 3.8) is 0 Å². The second-order valence-electron chi connectivity index (χ2n) is 17.6. The summed E-state index contributed by atoms with van der Waals surface area (Å²) in [6.45, 7) is 15.8. The van der Waals surface area contributed by atoms with Crippen LogP contribution in [0.2, 0.25) is 0 Å². The normalized spacial score (nSPS) is 10.6.